The van der Waals surface area contributed by atoms with Crippen LogP contribution in [0.4, 0.5) is 5.69 Å². The van der Waals surface area contributed by atoms with Crippen molar-refractivity contribution in [2.75, 3.05) is 5.32 Å². The third kappa shape index (κ3) is 2.54. The number of carbonyl (C=O) groups excluding carboxylic acids is 2. The van der Waals surface area contributed by atoms with Crippen molar-refractivity contribution in [1.82, 2.24) is 9.38 Å². The Morgan fingerprint density at radius 1 is 1.14 bits per heavy atom. The molecule has 0 aliphatic rings. The van der Waals surface area contributed by atoms with Gasteiger partial charge in [-0.1, -0.05) is 6.07 Å². The molecular weight excluding hydrogens is 280 g/mol. The van der Waals surface area contributed by atoms with Crippen molar-refractivity contribution in [3.63, 3.8) is 0 Å². The van der Waals surface area contributed by atoms with Crippen LogP contribution in [0.5, 0.6) is 0 Å². The molecule has 0 unspecified atom stereocenters. The van der Waals surface area contributed by atoms with Gasteiger partial charge in [-0.15, -0.1) is 0 Å². The lowest BCUT2D eigenvalue weighted by Crippen LogP contribution is -2.13. The number of pyridine rings is 1. The fraction of sp³-hybridized carbons (Fsp3) is 0.0625. The second-order valence-electron chi connectivity index (χ2n) is 4.92. The van der Waals surface area contributed by atoms with Gasteiger partial charge in [-0.3, -0.25) is 9.59 Å². The first-order valence-electron chi connectivity index (χ1n) is 6.70. The minimum atomic E-state index is -0.506. The Kier molecular flexibility index (Phi) is 3.34. The number of hydrogen-bond acceptors (Lipinski definition) is 3. The predicted octanol–water partition coefficient (Wildman–Crippen LogP) is 1.99. The monoisotopic (exact) mass is 294 g/mol. The molecule has 0 fully saturated rings. The van der Waals surface area contributed by atoms with Crippen LogP contribution in [0.15, 0.2) is 48.7 Å². The SMILES string of the molecule is Cc1cccc2nc(C(=O)Nc3ccc(C(N)=O)cc3)cn12. The number of nitrogens with zero attached hydrogens (tertiary/aromatic N) is 2. The minimum Gasteiger partial charge on any atom is -0.366 e. The molecule has 0 spiro atoms. The van der Waals surface area contributed by atoms with Gasteiger partial charge in [0.1, 0.15) is 11.3 Å². The quantitative estimate of drug-likeness (QED) is 0.774. The third-order valence-corrected chi connectivity index (χ3v) is 3.36. The third-order valence-electron chi connectivity index (χ3n) is 3.36. The van der Waals surface area contributed by atoms with E-state index < -0.39 is 5.91 Å². The normalized spacial score (nSPS) is 10.6. The number of carbonyl (C=O) groups is 2. The zero-order valence-electron chi connectivity index (χ0n) is 11.9. The van der Waals surface area contributed by atoms with Crippen molar-refractivity contribution < 1.29 is 9.59 Å². The number of primary amides is 1. The summed E-state index contributed by atoms with van der Waals surface area (Å²) in [6.45, 7) is 1.94. The number of imidazole rings is 1. The number of rotatable bonds is 3. The molecule has 3 N–H and O–H groups in total. The van der Waals surface area contributed by atoms with Gasteiger partial charge < -0.3 is 15.5 Å². The molecule has 110 valence electrons. The van der Waals surface area contributed by atoms with Crippen LogP contribution in [-0.2, 0) is 0 Å². The lowest BCUT2D eigenvalue weighted by Gasteiger charge is -2.03. The Morgan fingerprint density at radius 2 is 1.86 bits per heavy atom. The molecule has 6 nitrogen and oxygen atoms in total. The Balaban J connectivity index is 1.83. The van der Waals surface area contributed by atoms with E-state index in [0.29, 0.717) is 22.6 Å². The topological polar surface area (TPSA) is 89.5 Å². The molecule has 0 saturated carbocycles. The van der Waals surface area contributed by atoms with E-state index in [4.69, 9.17) is 5.73 Å². The lowest BCUT2D eigenvalue weighted by molar-refractivity contribution is 0.0998. The second kappa shape index (κ2) is 5.33. The van der Waals surface area contributed by atoms with Gasteiger partial charge in [-0.05, 0) is 43.3 Å². The molecule has 3 rings (SSSR count). The Morgan fingerprint density at radius 3 is 2.50 bits per heavy atom. The molecule has 0 radical (unpaired) electrons. The molecule has 1 aromatic carbocycles. The first-order chi connectivity index (χ1) is 10.5. The van der Waals surface area contributed by atoms with Crippen molar-refractivity contribution in [1.29, 1.82) is 0 Å². The molecule has 3 aromatic rings. The Bertz CT molecular complexity index is 865. The Labute approximate surface area is 126 Å². The zero-order valence-corrected chi connectivity index (χ0v) is 11.9. The molecule has 6 heteroatoms. The maximum Gasteiger partial charge on any atom is 0.275 e. The van der Waals surface area contributed by atoms with Crippen molar-refractivity contribution in [3.05, 3.63) is 65.6 Å². The van der Waals surface area contributed by atoms with Crippen molar-refractivity contribution in [3.8, 4) is 0 Å². The molecule has 0 saturated heterocycles. The standard InChI is InChI=1S/C16H14N4O2/c1-10-3-2-4-14-19-13(9-20(10)14)16(22)18-12-7-5-11(6-8-12)15(17)21/h2-9H,1H3,(H2,17,21)(H,18,22). The van der Waals surface area contributed by atoms with Crippen LogP contribution < -0.4 is 11.1 Å². The summed E-state index contributed by atoms with van der Waals surface area (Å²) in [6.07, 6.45) is 1.69. The number of aromatic nitrogens is 2. The number of aryl methyl sites for hydroxylation is 1. The van der Waals surface area contributed by atoms with Crippen molar-refractivity contribution >= 4 is 23.1 Å². The summed E-state index contributed by atoms with van der Waals surface area (Å²) < 4.78 is 1.85. The number of fused-ring (bicyclic) bond motifs is 1. The molecule has 2 amide bonds. The second-order valence-corrected chi connectivity index (χ2v) is 4.92. The van der Waals surface area contributed by atoms with Crippen LogP contribution in [0, 0.1) is 6.92 Å². The van der Waals surface area contributed by atoms with Crippen LogP contribution in [0.1, 0.15) is 26.5 Å². The van der Waals surface area contributed by atoms with Gasteiger partial charge in [0.15, 0.2) is 0 Å². The molecule has 22 heavy (non-hydrogen) atoms. The average molecular weight is 294 g/mol. The van der Waals surface area contributed by atoms with Gasteiger partial charge in [0.05, 0.1) is 0 Å². The first-order valence-corrected chi connectivity index (χ1v) is 6.70. The van der Waals surface area contributed by atoms with E-state index in [-0.39, 0.29) is 5.91 Å². The van der Waals surface area contributed by atoms with E-state index in [2.05, 4.69) is 10.3 Å². The van der Waals surface area contributed by atoms with E-state index in [9.17, 15) is 9.59 Å². The van der Waals surface area contributed by atoms with E-state index in [0.717, 1.165) is 5.69 Å². The van der Waals surface area contributed by atoms with Gasteiger partial charge >= 0.3 is 0 Å². The summed E-state index contributed by atoms with van der Waals surface area (Å²) in [5.74, 6) is -0.816. The van der Waals surface area contributed by atoms with Crippen LogP contribution in [0.25, 0.3) is 5.65 Å². The van der Waals surface area contributed by atoms with Crippen LogP contribution in [0.3, 0.4) is 0 Å². The molecule has 0 bridgehead atoms. The molecule has 0 aliphatic heterocycles. The van der Waals surface area contributed by atoms with E-state index in [1.807, 2.05) is 29.5 Å². The minimum absolute atomic E-state index is 0.310. The van der Waals surface area contributed by atoms with Gasteiger partial charge in [0, 0.05) is 23.1 Å². The average Bonchev–Trinajstić information content (AvgIpc) is 2.93. The number of anilines is 1. The smallest absolute Gasteiger partial charge is 0.275 e. The number of hydrogen-bond donors (Lipinski definition) is 2. The summed E-state index contributed by atoms with van der Waals surface area (Å²) in [4.78, 5) is 27.5. The van der Waals surface area contributed by atoms with Crippen LogP contribution >= 0.6 is 0 Å². The van der Waals surface area contributed by atoms with E-state index >= 15 is 0 Å². The number of nitrogens with one attached hydrogen (secondary N) is 1. The van der Waals surface area contributed by atoms with Gasteiger partial charge in [0.2, 0.25) is 5.91 Å². The molecule has 2 heterocycles. The van der Waals surface area contributed by atoms with Crippen LogP contribution in [0.2, 0.25) is 0 Å². The summed E-state index contributed by atoms with van der Waals surface area (Å²) >= 11 is 0. The summed E-state index contributed by atoms with van der Waals surface area (Å²) in [6, 6.07) is 12.0. The number of nitrogens with two attached hydrogens (primary N) is 1. The zero-order chi connectivity index (χ0) is 15.7. The first kappa shape index (κ1) is 13.8. The van der Waals surface area contributed by atoms with E-state index in [1.54, 1.807) is 30.5 Å². The fourth-order valence-electron chi connectivity index (χ4n) is 2.17. The number of amides is 2. The lowest BCUT2D eigenvalue weighted by atomic mass is 10.2. The largest absolute Gasteiger partial charge is 0.366 e. The molecular formula is C16H14N4O2. The highest BCUT2D eigenvalue weighted by Crippen LogP contribution is 2.13. The highest BCUT2D eigenvalue weighted by Gasteiger charge is 2.12. The van der Waals surface area contributed by atoms with Gasteiger partial charge in [-0.2, -0.15) is 0 Å². The van der Waals surface area contributed by atoms with E-state index in [1.165, 1.54) is 0 Å². The maximum atomic E-state index is 12.2. The fourth-order valence-corrected chi connectivity index (χ4v) is 2.17. The summed E-state index contributed by atoms with van der Waals surface area (Å²) in [5, 5.41) is 2.74. The highest BCUT2D eigenvalue weighted by molar-refractivity contribution is 6.03. The Hall–Kier alpha value is -3.15. The molecule has 0 aliphatic carbocycles. The maximum absolute atomic E-state index is 12.2. The number of benzene rings is 1. The summed E-state index contributed by atoms with van der Waals surface area (Å²) in [5.41, 5.74) is 8.18. The highest BCUT2D eigenvalue weighted by atomic mass is 16.2. The molecule has 0 atom stereocenters. The molecule has 2 aromatic heterocycles. The van der Waals surface area contributed by atoms with Gasteiger partial charge in [-0.25, -0.2) is 4.98 Å². The van der Waals surface area contributed by atoms with Crippen molar-refractivity contribution in [2.24, 2.45) is 5.73 Å². The predicted molar refractivity (Wildman–Crippen MR) is 82.8 cm³/mol. The van der Waals surface area contributed by atoms with Gasteiger partial charge in [0.25, 0.3) is 5.91 Å². The van der Waals surface area contributed by atoms with Crippen LogP contribution in [-0.4, -0.2) is 21.2 Å². The van der Waals surface area contributed by atoms with Crippen molar-refractivity contribution in [2.45, 2.75) is 6.92 Å². The summed E-state index contributed by atoms with van der Waals surface area (Å²) in [7, 11) is 0.